The number of aromatic nitrogens is 1. The fraction of sp³-hybridized carbons (Fsp3) is 0.192. The van der Waals surface area contributed by atoms with Gasteiger partial charge in [0, 0.05) is 0 Å². The van der Waals surface area contributed by atoms with Crippen LogP contribution in [0, 0.1) is 11.3 Å². The zero-order valence-electron chi connectivity index (χ0n) is 19.4. The maximum absolute atomic E-state index is 13.4. The third kappa shape index (κ3) is 4.32. The van der Waals surface area contributed by atoms with Crippen LogP contribution in [-0.4, -0.2) is 31.4 Å². The second-order valence-electron chi connectivity index (χ2n) is 7.59. The molecule has 0 fully saturated rings. The number of benzene rings is 2. The standard InChI is InChI=1S/C26H23N3O5S/c1-4-34-26(31)22-21(16-8-6-10-18(13-16)33-3)19(14-27)25-29(23(22)28)24(30)20(35-25)12-15-7-5-9-17(11-15)32-2/h5-13,21H,4,28H2,1-3H3/t21-/m0/s1. The Morgan fingerprint density at radius 3 is 2.51 bits per heavy atom. The number of hydrogen-bond donors (Lipinski definition) is 1. The highest BCUT2D eigenvalue weighted by Gasteiger charge is 2.36. The zero-order valence-corrected chi connectivity index (χ0v) is 20.2. The number of carbonyl (C=O) groups is 1. The van der Waals surface area contributed by atoms with Crippen molar-refractivity contribution in [2.75, 3.05) is 20.8 Å². The number of ether oxygens (including phenoxy) is 3. The molecule has 0 bridgehead atoms. The van der Waals surface area contributed by atoms with Gasteiger partial charge in [-0.1, -0.05) is 24.3 Å². The van der Waals surface area contributed by atoms with Crippen molar-refractivity contribution in [2.45, 2.75) is 12.8 Å². The summed E-state index contributed by atoms with van der Waals surface area (Å²) in [5, 5.41) is 10.2. The summed E-state index contributed by atoms with van der Waals surface area (Å²) >= 11 is 1.14. The van der Waals surface area contributed by atoms with Crippen molar-refractivity contribution in [1.82, 2.24) is 4.57 Å². The maximum Gasteiger partial charge on any atom is 0.338 e. The fourth-order valence-electron chi connectivity index (χ4n) is 4.00. The average molecular weight is 490 g/mol. The molecular weight excluding hydrogens is 466 g/mol. The summed E-state index contributed by atoms with van der Waals surface area (Å²) in [6.07, 6.45) is 1.70. The number of rotatable bonds is 6. The molecule has 0 radical (unpaired) electrons. The number of methoxy groups -OCH3 is 2. The number of nitrogens with zero attached hydrogens (tertiary/aromatic N) is 2. The molecule has 0 saturated heterocycles. The van der Waals surface area contributed by atoms with E-state index in [9.17, 15) is 14.9 Å². The van der Waals surface area contributed by atoms with Crippen molar-refractivity contribution in [1.29, 1.82) is 5.26 Å². The molecule has 2 aromatic carbocycles. The lowest BCUT2D eigenvalue weighted by molar-refractivity contribution is -0.138. The molecule has 8 nitrogen and oxygen atoms in total. The number of fused-ring (bicyclic) bond motifs is 1. The van der Waals surface area contributed by atoms with E-state index < -0.39 is 17.4 Å². The first-order chi connectivity index (χ1) is 16.9. The van der Waals surface area contributed by atoms with Gasteiger partial charge in [0.2, 0.25) is 0 Å². The van der Waals surface area contributed by atoms with Crippen LogP contribution in [0.25, 0.3) is 17.5 Å². The van der Waals surface area contributed by atoms with Crippen LogP contribution < -0.4 is 30.0 Å². The van der Waals surface area contributed by atoms with Crippen LogP contribution in [0.5, 0.6) is 11.5 Å². The Morgan fingerprint density at radius 1 is 1.17 bits per heavy atom. The van der Waals surface area contributed by atoms with Crippen molar-refractivity contribution in [3.8, 4) is 17.6 Å². The van der Waals surface area contributed by atoms with Crippen molar-refractivity contribution in [2.24, 2.45) is 5.73 Å². The van der Waals surface area contributed by atoms with E-state index in [0.29, 0.717) is 26.3 Å². The summed E-state index contributed by atoms with van der Waals surface area (Å²) in [7, 11) is 3.09. The Hall–Kier alpha value is -4.29. The normalized spacial score (nSPS) is 15.4. The van der Waals surface area contributed by atoms with E-state index in [-0.39, 0.29) is 23.6 Å². The van der Waals surface area contributed by atoms with E-state index in [1.165, 1.54) is 11.7 Å². The van der Waals surface area contributed by atoms with Crippen molar-refractivity contribution in [3.63, 3.8) is 0 Å². The Bertz CT molecular complexity index is 1560. The van der Waals surface area contributed by atoms with Gasteiger partial charge in [-0.3, -0.25) is 9.36 Å². The van der Waals surface area contributed by atoms with Gasteiger partial charge in [-0.2, -0.15) is 5.26 Å². The molecule has 0 saturated carbocycles. The second-order valence-corrected chi connectivity index (χ2v) is 8.62. The molecule has 0 spiro atoms. The summed E-state index contributed by atoms with van der Waals surface area (Å²) in [5.74, 6) is -0.365. The number of hydrogen-bond acceptors (Lipinski definition) is 8. The van der Waals surface area contributed by atoms with Crippen molar-refractivity contribution >= 4 is 34.8 Å². The van der Waals surface area contributed by atoms with Gasteiger partial charge in [0.25, 0.3) is 5.56 Å². The van der Waals surface area contributed by atoms with E-state index in [1.54, 1.807) is 56.5 Å². The lowest BCUT2D eigenvalue weighted by atomic mass is 9.83. The quantitative estimate of drug-likeness (QED) is 0.526. The molecule has 1 aliphatic heterocycles. The van der Waals surface area contributed by atoms with E-state index >= 15 is 0 Å². The Morgan fingerprint density at radius 2 is 1.86 bits per heavy atom. The van der Waals surface area contributed by atoms with Crippen molar-refractivity contribution < 1.29 is 19.0 Å². The molecule has 1 atom stereocenters. The molecule has 9 heteroatoms. The van der Waals surface area contributed by atoms with E-state index in [1.807, 2.05) is 12.1 Å². The number of nitriles is 1. The number of nitrogens with two attached hydrogens (primary N) is 1. The molecule has 178 valence electrons. The third-order valence-corrected chi connectivity index (χ3v) is 6.69. The number of carbonyl (C=O) groups excluding carboxylic acids is 1. The highest BCUT2D eigenvalue weighted by Crippen LogP contribution is 2.37. The molecule has 3 aromatic rings. The highest BCUT2D eigenvalue weighted by molar-refractivity contribution is 7.07. The smallest absolute Gasteiger partial charge is 0.338 e. The van der Waals surface area contributed by atoms with Gasteiger partial charge in [0.15, 0.2) is 0 Å². The minimum absolute atomic E-state index is 0.0389. The first kappa shape index (κ1) is 23.9. The Labute approximate surface area is 205 Å². The topological polar surface area (TPSA) is 117 Å². The predicted octanol–water partition coefficient (Wildman–Crippen LogP) is 1.92. The zero-order chi connectivity index (χ0) is 25.1. The molecule has 0 aliphatic carbocycles. The second kappa shape index (κ2) is 9.91. The highest BCUT2D eigenvalue weighted by atomic mass is 32.1. The first-order valence-electron chi connectivity index (χ1n) is 10.8. The summed E-state index contributed by atoms with van der Waals surface area (Å²) in [5.41, 5.74) is 7.66. The van der Waals surface area contributed by atoms with E-state index in [2.05, 4.69) is 6.07 Å². The largest absolute Gasteiger partial charge is 0.497 e. The minimum atomic E-state index is -0.822. The van der Waals surface area contributed by atoms with Crippen molar-refractivity contribution in [3.05, 3.63) is 84.8 Å². The van der Waals surface area contributed by atoms with Gasteiger partial charge >= 0.3 is 5.97 Å². The van der Waals surface area contributed by atoms with E-state index in [0.717, 1.165) is 16.9 Å². The Balaban J connectivity index is 2.05. The molecular formula is C26H23N3O5S. The van der Waals surface area contributed by atoms with Gasteiger partial charge in [0.1, 0.15) is 22.0 Å². The number of esters is 1. The SMILES string of the molecule is CCOC(=O)C1=C(N)n2c(sc(=Cc3cccc(OC)c3)c2=O)=C(C#N)[C@@H]1c1cccc(OC)c1. The minimum Gasteiger partial charge on any atom is -0.497 e. The van der Waals surface area contributed by atoms with Crippen LogP contribution in [0.4, 0.5) is 0 Å². The van der Waals surface area contributed by atoms with Gasteiger partial charge in [-0.15, -0.1) is 11.3 Å². The lowest BCUT2D eigenvalue weighted by Gasteiger charge is -2.25. The van der Waals surface area contributed by atoms with Crippen LogP contribution in [0.2, 0.25) is 0 Å². The molecule has 2 heterocycles. The van der Waals surface area contributed by atoms with Gasteiger partial charge in [-0.25, -0.2) is 4.79 Å². The van der Waals surface area contributed by atoms with Crippen LogP contribution in [0.3, 0.4) is 0 Å². The fourth-order valence-corrected chi connectivity index (χ4v) is 5.13. The molecule has 0 amide bonds. The first-order valence-corrected chi connectivity index (χ1v) is 11.6. The van der Waals surface area contributed by atoms with Crippen LogP contribution in [0.15, 0.2) is 58.9 Å². The maximum atomic E-state index is 13.4. The van der Waals surface area contributed by atoms with Crippen LogP contribution in [0.1, 0.15) is 24.0 Å². The molecule has 35 heavy (non-hydrogen) atoms. The molecule has 0 unspecified atom stereocenters. The van der Waals surface area contributed by atoms with Crippen LogP contribution in [-0.2, 0) is 9.53 Å². The summed E-state index contributed by atoms with van der Waals surface area (Å²) in [4.78, 5) is 26.5. The molecule has 2 N–H and O–H groups in total. The Kier molecular flexibility index (Phi) is 6.75. The van der Waals surface area contributed by atoms with E-state index in [4.69, 9.17) is 19.9 Å². The summed E-state index contributed by atoms with van der Waals surface area (Å²) < 4.78 is 17.8. The summed E-state index contributed by atoms with van der Waals surface area (Å²) in [6, 6.07) is 16.5. The van der Waals surface area contributed by atoms with Gasteiger partial charge < -0.3 is 19.9 Å². The third-order valence-electron chi connectivity index (χ3n) is 5.58. The number of thiazole rings is 1. The van der Waals surface area contributed by atoms with Crippen LogP contribution >= 0.6 is 11.3 Å². The molecule has 1 aliphatic rings. The monoisotopic (exact) mass is 489 g/mol. The molecule has 1 aromatic heterocycles. The van der Waals surface area contributed by atoms with Gasteiger partial charge in [0.05, 0.1) is 48.5 Å². The lowest BCUT2D eigenvalue weighted by Crippen LogP contribution is -2.40. The van der Waals surface area contributed by atoms with Gasteiger partial charge in [-0.05, 0) is 48.4 Å². The average Bonchev–Trinajstić information content (AvgIpc) is 3.19. The summed E-state index contributed by atoms with van der Waals surface area (Å²) in [6.45, 7) is 1.79. The predicted molar refractivity (Wildman–Crippen MR) is 133 cm³/mol. The molecule has 4 rings (SSSR count).